The van der Waals surface area contributed by atoms with Crippen LogP contribution in [-0.4, -0.2) is 28.9 Å². The van der Waals surface area contributed by atoms with Crippen LogP contribution < -0.4 is 0 Å². The number of aliphatic carboxylic acids is 1. The van der Waals surface area contributed by atoms with Gasteiger partial charge in [-0.15, -0.1) is 0 Å². The van der Waals surface area contributed by atoms with Gasteiger partial charge in [0.2, 0.25) is 0 Å². The molecule has 2 N–H and O–H groups in total. The van der Waals surface area contributed by atoms with E-state index in [1.807, 2.05) is 0 Å². The number of hydrogen-bond donors (Lipinski definition) is 2. The number of benzene rings is 1. The average molecular weight is 337 g/mol. The fourth-order valence-electron chi connectivity index (χ4n) is 0.906. The van der Waals surface area contributed by atoms with Gasteiger partial charge in [-0.3, -0.25) is 9.79 Å². The summed E-state index contributed by atoms with van der Waals surface area (Å²) in [5.74, 6) is -0.979. The molecule has 0 aliphatic heterocycles. The highest BCUT2D eigenvalue weighted by molar-refractivity contribution is 9.11. The lowest BCUT2D eigenvalue weighted by Crippen LogP contribution is -1.99. The highest BCUT2D eigenvalue weighted by Crippen LogP contribution is 2.30. The lowest BCUT2D eigenvalue weighted by atomic mass is 10.2. The van der Waals surface area contributed by atoms with Gasteiger partial charge in [0, 0.05) is 16.3 Å². The summed E-state index contributed by atoms with van der Waals surface area (Å²) < 4.78 is 1.29. The number of aliphatic imine (C=N–C) groups is 1. The molecule has 1 aromatic rings. The van der Waals surface area contributed by atoms with E-state index in [1.54, 1.807) is 12.1 Å². The van der Waals surface area contributed by atoms with Crippen molar-refractivity contribution in [2.75, 3.05) is 6.54 Å². The maximum Gasteiger partial charge on any atom is 0.325 e. The number of carboxylic acid groups (broad SMARTS) is 1. The summed E-state index contributed by atoms with van der Waals surface area (Å²) in [6.07, 6.45) is 1.32. The van der Waals surface area contributed by atoms with Gasteiger partial charge in [-0.25, -0.2) is 0 Å². The molecule has 80 valence electrons. The van der Waals surface area contributed by atoms with Crippen LogP contribution >= 0.6 is 31.9 Å². The molecule has 0 bridgehead atoms. The molecular formula is C9H7Br2NO3. The first kappa shape index (κ1) is 12.2. The molecular weight excluding hydrogens is 330 g/mol. The first-order valence-corrected chi connectivity index (χ1v) is 5.49. The quantitative estimate of drug-likeness (QED) is 0.833. The largest absolute Gasteiger partial charge is 0.506 e. The van der Waals surface area contributed by atoms with Crippen molar-refractivity contribution in [1.29, 1.82) is 0 Å². The molecule has 0 aromatic heterocycles. The highest BCUT2D eigenvalue weighted by atomic mass is 79.9. The van der Waals surface area contributed by atoms with Gasteiger partial charge in [0.1, 0.15) is 12.3 Å². The summed E-state index contributed by atoms with van der Waals surface area (Å²) in [7, 11) is 0. The first-order chi connectivity index (χ1) is 7.00. The van der Waals surface area contributed by atoms with Gasteiger partial charge in [0.25, 0.3) is 0 Å². The van der Waals surface area contributed by atoms with Gasteiger partial charge in [-0.05, 0) is 28.1 Å². The Kier molecular flexibility index (Phi) is 4.28. The number of nitrogens with zero attached hydrogens (tertiary/aromatic N) is 1. The summed E-state index contributed by atoms with van der Waals surface area (Å²) in [5.41, 5.74) is 0.456. The molecule has 0 saturated heterocycles. The summed E-state index contributed by atoms with van der Waals surface area (Å²) in [6.45, 7) is -0.316. The van der Waals surface area contributed by atoms with Crippen molar-refractivity contribution in [2.45, 2.75) is 0 Å². The molecule has 0 atom stereocenters. The van der Waals surface area contributed by atoms with Crippen molar-refractivity contribution >= 4 is 44.0 Å². The third-order valence-corrected chi connectivity index (χ3v) is 2.58. The van der Waals surface area contributed by atoms with Crippen LogP contribution in [0, 0.1) is 0 Å². The van der Waals surface area contributed by atoms with Gasteiger partial charge in [0.15, 0.2) is 0 Å². The maximum atomic E-state index is 10.2. The first-order valence-electron chi connectivity index (χ1n) is 3.90. The number of carboxylic acids is 1. The van der Waals surface area contributed by atoms with Crippen LogP contribution in [0.2, 0.25) is 0 Å². The van der Waals surface area contributed by atoms with Crippen molar-refractivity contribution < 1.29 is 15.0 Å². The molecule has 0 saturated carbocycles. The third-order valence-electron chi connectivity index (χ3n) is 1.51. The van der Waals surface area contributed by atoms with Crippen molar-refractivity contribution in [3.8, 4) is 5.75 Å². The lowest BCUT2D eigenvalue weighted by Gasteiger charge is -2.02. The molecule has 0 aliphatic rings. The predicted octanol–water partition coefficient (Wildman–Crippen LogP) is 2.42. The van der Waals surface area contributed by atoms with Gasteiger partial charge >= 0.3 is 5.97 Å². The van der Waals surface area contributed by atoms with E-state index in [9.17, 15) is 9.90 Å². The van der Waals surface area contributed by atoms with E-state index in [0.717, 1.165) is 4.47 Å². The van der Waals surface area contributed by atoms with E-state index < -0.39 is 5.97 Å². The van der Waals surface area contributed by atoms with Crippen LogP contribution in [0.5, 0.6) is 5.75 Å². The summed E-state index contributed by atoms with van der Waals surface area (Å²) in [6, 6.07) is 3.33. The molecule has 0 spiro atoms. The topological polar surface area (TPSA) is 69.9 Å². The van der Waals surface area contributed by atoms with Gasteiger partial charge in [0.05, 0.1) is 4.47 Å². The average Bonchev–Trinajstić information content (AvgIpc) is 2.12. The smallest absolute Gasteiger partial charge is 0.325 e. The number of halogens is 2. The number of phenolic OH excluding ortho intramolecular Hbond substituents is 1. The fraction of sp³-hybridized carbons (Fsp3) is 0.111. The Hall–Kier alpha value is -0.880. The summed E-state index contributed by atoms with van der Waals surface area (Å²) >= 11 is 6.41. The number of hydrogen-bond acceptors (Lipinski definition) is 3. The van der Waals surface area contributed by atoms with E-state index in [1.165, 1.54) is 6.21 Å². The Morgan fingerprint density at radius 2 is 2.13 bits per heavy atom. The zero-order valence-electron chi connectivity index (χ0n) is 7.44. The van der Waals surface area contributed by atoms with Crippen molar-refractivity contribution in [3.63, 3.8) is 0 Å². The standard InChI is InChI=1S/C9H7Br2NO3/c10-6-1-5(3-12-4-8(13)14)9(15)7(11)2-6/h1-3,15H,4H2,(H,13,14). The Morgan fingerprint density at radius 3 is 2.73 bits per heavy atom. The van der Waals surface area contributed by atoms with Crippen molar-refractivity contribution in [2.24, 2.45) is 4.99 Å². The number of rotatable bonds is 3. The zero-order chi connectivity index (χ0) is 11.4. The number of aromatic hydroxyl groups is 1. The molecule has 15 heavy (non-hydrogen) atoms. The lowest BCUT2D eigenvalue weighted by molar-refractivity contribution is -0.135. The minimum Gasteiger partial charge on any atom is -0.506 e. The Labute approximate surface area is 103 Å². The second kappa shape index (κ2) is 5.27. The van der Waals surface area contributed by atoms with E-state index in [2.05, 4.69) is 36.9 Å². The zero-order valence-corrected chi connectivity index (χ0v) is 10.6. The normalized spacial score (nSPS) is 10.8. The SMILES string of the molecule is O=C(O)CN=Cc1cc(Br)cc(Br)c1O. The Bertz CT molecular complexity index is 418. The molecule has 0 unspecified atom stereocenters. The monoisotopic (exact) mass is 335 g/mol. The van der Waals surface area contributed by atoms with Crippen LogP contribution in [0.1, 0.15) is 5.56 Å². The van der Waals surface area contributed by atoms with Crippen LogP contribution in [0.15, 0.2) is 26.1 Å². The second-order valence-corrected chi connectivity index (χ2v) is 4.46. The second-order valence-electron chi connectivity index (χ2n) is 2.69. The highest BCUT2D eigenvalue weighted by Gasteiger charge is 2.05. The molecule has 4 nitrogen and oxygen atoms in total. The Balaban J connectivity index is 2.94. The fourth-order valence-corrected chi connectivity index (χ4v) is 2.16. The van der Waals surface area contributed by atoms with Crippen LogP contribution in [-0.2, 0) is 4.79 Å². The van der Waals surface area contributed by atoms with Gasteiger partial charge < -0.3 is 10.2 Å². The van der Waals surface area contributed by atoms with E-state index in [-0.39, 0.29) is 12.3 Å². The molecule has 0 heterocycles. The van der Waals surface area contributed by atoms with Crippen LogP contribution in [0.3, 0.4) is 0 Å². The van der Waals surface area contributed by atoms with Gasteiger partial charge in [-0.2, -0.15) is 0 Å². The van der Waals surface area contributed by atoms with Crippen LogP contribution in [0.25, 0.3) is 0 Å². The minimum absolute atomic E-state index is 0.0346. The predicted molar refractivity (Wildman–Crippen MR) is 63.6 cm³/mol. The molecule has 0 fully saturated rings. The molecule has 0 amide bonds. The molecule has 1 aromatic carbocycles. The number of phenols is 1. The van der Waals surface area contributed by atoms with E-state index in [0.29, 0.717) is 10.0 Å². The Morgan fingerprint density at radius 1 is 1.47 bits per heavy atom. The minimum atomic E-state index is -1.01. The maximum absolute atomic E-state index is 10.2. The van der Waals surface area contributed by atoms with Gasteiger partial charge in [-0.1, -0.05) is 15.9 Å². The molecule has 0 aliphatic carbocycles. The third kappa shape index (κ3) is 3.64. The molecule has 0 radical (unpaired) electrons. The summed E-state index contributed by atoms with van der Waals surface area (Å²) in [4.78, 5) is 13.9. The van der Waals surface area contributed by atoms with E-state index in [4.69, 9.17) is 5.11 Å². The van der Waals surface area contributed by atoms with E-state index >= 15 is 0 Å². The van der Waals surface area contributed by atoms with Crippen molar-refractivity contribution in [3.05, 3.63) is 26.6 Å². The van der Waals surface area contributed by atoms with Crippen molar-refractivity contribution in [1.82, 2.24) is 0 Å². The number of carbonyl (C=O) groups is 1. The molecule has 1 rings (SSSR count). The summed E-state index contributed by atoms with van der Waals surface area (Å²) in [5, 5.41) is 18.0. The van der Waals surface area contributed by atoms with Crippen LogP contribution in [0.4, 0.5) is 0 Å². The molecule has 6 heteroatoms.